The molecule has 0 bridgehead atoms. The van der Waals surface area contributed by atoms with Gasteiger partial charge < -0.3 is 0 Å². The van der Waals surface area contributed by atoms with E-state index in [1.165, 1.54) is 12.1 Å². The molecule has 0 N–H and O–H groups in total. The first-order chi connectivity index (χ1) is 8.72. The maximum absolute atomic E-state index is 10.6. The van der Waals surface area contributed by atoms with Gasteiger partial charge in [0.2, 0.25) is 0 Å². The molecule has 4 nitrogen and oxygen atoms in total. The molecule has 2 aromatic rings. The second kappa shape index (κ2) is 5.40. The molecule has 0 aliphatic rings. The Hall–Kier alpha value is -2.23. The van der Waals surface area contributed by atoms with Crippen LogP contribution in [0.1, 0.15) is 24.6 Å². The Morgan fingerprint density at radius 1 is 1.22 bits per heavy atom. The van der Waals surface area contributed by atoms with Crippen LogP contribution in [0.5, 0.6) is 0 Å². The first-order valence-corrected chi connectivity index (χ1v) is 5.74. The summed E-state index contributed by atoms with van der Waals surface area (Å²) in [5.41, 5.74) is 1.99. The Labute approximate surface area is 105 Å². The van der Waals surface area contributed by atoms with Crippen LogP contribution in [0.3, 0.4) is 0 Å². The van der Waals surface area contributed by atoms with Gasteiger partial charge >= 0.3 is 0 Å². The average Bonchev–Trinajstić information content (AvgIpc) is 2.41. The Bertz CT molecular complexity index is 523. The number of aromatic nitrogens is 1. The van der Waals surface area contributed by atoms with Gasteiger partial charge in [-0.3, -0.25) is 15.1 Å². The minimum Gasteiger partial charge on any atom is -0.260 e. The van der Waals surface area contributed by atoms with Crippen molar-refractivity contribution < 1.29 is 4.92 Å². The molecule has 0 aliphatic carbocycles. The van der Waals surface area contributed by atoms with E-state index >= 15 is 0 Å². The molecular weight excluding hydrogens is 228 g/mol. The number of rotatable bonds is 4. The van der Waals surface area contributed by atoms with Crippen LogP contribution in [0.15, 0.2) is 48.7 Å². The zero-order valence-electron chi connectivity index (χ0n) is 10.0. The Morgan fingerprint density at radius 2 is 1.94 bits per heavy atom. The van der Waals surface area contributed by atoms with Crippen LogP contribution >= 0.6 is 0 Å². The predicted octanol–water partition coefficient (Wildman–Crippen LogP) is 3.37. The number of non-ortho nitro benzene ring substituents is 1. The number of pyridine rings is 1. The van der Waals surface area contributed by atoms with Crippen LogP contribution in [0.2, 0.25) is 0 Å². The largest absolute Gasteiger partial charge is 0.269 e. The van der Waals surface area contributed by atoms with Crippen molar-refractivity contribution in [3.63, 3.8) is 0 Å². The average molecular weight is 241 g/mol. The fourth-order valence-corrected chi connectivity index (χ4v) is 1.86. The van der Waals surface area contributed by atoms with Gasteiger partial charge in [-0.15, -0.1) is 0 Å². The Kier molecular flexibility index (Phi) is 3.67. The van der Waals surface area contributed by atoms with E-state index in [4.69, 9.17) is 0 Å². The molecule has 0 saturated carbocycles. The van der Waals surface area contributed by atoms with Gasteiger partial charge in [0, 0.05) is 18.3 Å². The highest BCUT2D eigenvalue weighted by atomic mass is 16.6. The topological polar surface area (TPSA) is 56.0 Å². The van der Waals surface area contributed by atoms with Crippen molar-refractivity contribution in [3.05, 3.63) is 76.0 Å². The van der Waals surface area contributed by atoms with E-state index in [0.717, 1.165) is 23.6 Å². The lowest BCUT2D eigenvalue weighted by Gasteiger charge is -2.13. The van der Waals surface area contributed by atoms with Crippen LogP contribution in [0, 0.1) is 16.0 Å². The van der Waals surface area contributed by atoms with Gasteiger partial charge in [0.15, 0.2) is 0 Å². The molecule has 0 atom stereocenters. The summed E-state index contributed by atoms with van der Waals surface area (Å²) < 4.78 is 0. The third-order valence-electron chi connectivity index (χ3n) is 2.75. The molecule has 1 radical (unpaired) electrons. The van der Waals surface area contributed by atoms with Crippen molar-refractivity contribution in [1.29, 1.82) is 0 Å². The zero-order chi connectivity index (χ0) is 13.0. The lowest BCUT2D eigenvalue weighted by Crippen LogP contribution is -2.03. The minimum atomic E-state index is -0.393. The van der Waals surface area contributed by atoms with Gasteiger partial charge in [0.05, 0.1) is 16.5 Å². The van der Waals surface area contributed by atoms with Crippen molar-refractivity contribution in [3.8, 4) is 0 Å². The summed E-state index contributed by atoms with van der Waals surface area (Å²) in [5, 5.41) is 10.6. The zero-order valence-corrected chi connectivity index (χ0v) is 10.0. The molecule has 1 aromatic heterocycles. The van der Waals surface area contributed by atoms with Crippen LogP contribution in [-0.2, 0) is 0 Å². The Balaban J connectivity index is 2.31. The SMILES string of the molecule is CC[C](c1ccc([N+](=O)[O-])cc1)c1ccccn1. The lowest BCUT2D eigenvalue weighted by atomic mass is 9.92. The Morgan fingerprint density at radius 3 is 2.44 bits per heavy atom. The molecule has 0 amide bonds. The molecule has 0 spiro atoms. The van der Waals surface area contributed by atoms with E-state index in [9.17, 15) is 10.1 Å². The van der Waals surface area contributed by atoms with Gasteiger partial charge in [-0.1, -0.05) is 25.1 Å². The van der Waals surface area contributed by atoms with Crippen molar-refractivity contribution in [2.45, 2.75) is 13.3 Å². The molecule has 18 heavy (non-hydrogen) atoms. The molecule has 1 aromatic carbocycles. The third kappa shape index (κ3) is 2.53. The van der Waals surface area contributed by atoms with Gasteiger partial charge in [-0.2, -0.15) is 0 Å². The van der Waals surface area contributed by atoms with Crippen LogP contribution in [0.25, 0.3) is 0 Å². The predicted molar refractivity (Wildman–Crippen MR) is 69.1 cm³/mol. The van der Waals surface area contributed by atoms with E-state index in [-0.39, 0.29) is 5.69 Å². The van der Waals surface area contributed by atoms with Gasteiger partial charge in [0.25, 0.3) is 5.69 Å². The lowest BCUT2D eigenvalue weighted by molar-refractivity contribution is -0.384. The van der Waals surface area contributed by atoms with Crippen molar-refractivity contribution in [1.82, 2.24) is 4.98 Å². The molecule has 2 rings (SSSR count). The molecule has 0 aliphatic heterocycles. The van der Waals surface area contributed by atoms with E-state index in [1.807, 2.05) is 25.1 Å². The molecule has 1 heterocycles. The number of hydrogen-bond acceptors (Lipinski definition) is 3. The summed E-state index contributed by atoms with van der Waals surface area (Å²) in [6.45, 7) is 2.05. The highest BCUT2D eigenvalue weighted by Gasteiger charge is 2.15. The second-order valence-corrected chi connectivity index (χ2v) is 3.85. The van der Waals surface area contributed by atoms with E-state index < -0.39 is 4.92 Å². The van der Waals surface area contributed by atoms with Gasteiger partial charge in [-0.25, -0.2) is 0 Å². The molecule has 91 valence electrons. The quantitative estimate of drug-likeness (QED) is 0.609. The summed E-state index contributed by atoms with van der Waals surface area (Å²) in [4.78, 5) is 14.5. The van der Waals surface area contributed by atoms with E-state index in [2.05, 4.69) is 4.98 Å². The molecule has 0 unspecified atom stereocenters. The molecular formula is C14H13N2O2. The first kappa shape index (κ1) is 12.2. The van der Waals surface area contributed by atoms with Gasteiger partial charge in [-0.05, 0) is 24.1 Å². The highest BCUT2D eigenvalue weighted by molar-refractivity contribution is 5.45. The highest BCUT2D eigenvalue weighted by Crippen LogP contribution is 2.26. The fraction of sp³-hybridized carbons (Fsp3) is 0.143. The fourth-order valence-electron chi connectivity index (χ4n) is 1.86. The summed E-state index contributed by atoms with van der Waals surface area (Å²) in [6.07, 6.45) is 2.57. The monoisotopic (exact) mass is 241 g/mol. The van der Waals surface area contributed by atoms with Crippen LogP contribution < -0.4 is 0 Å². The number of hydrogen-bond donors (Lipinski definition) is 0. The van der Waals surface area contributed by atoms with Crippen molar-refractivity contribution in [2.24, 2.45) is 0 Å². The van der Waals surface area contributed by atoms with E-state index in [1.54, 1.807) is 18.3 Å². The number of benzene rings is 1. The second-order valence-electron chi connectivity index (χ2n) is 3.85. The smallest absolute Gasteiger partial charge is 0.260 e. The maximum Gasteiger partial charge on any atom is 0.269 e. The molecule has 0 saturated heterocycles. The standard InChI is InChI=1S/C14H13N2O2/c1-2-13(14-5-3-4-10-15-14)11-6-8-12(9-7-11)16(17)18/h3-10H,2H2,1H3. The number of nitro groups is 1. The number of nitro benzene ring substituents is 1. The number of nitrogens with zero attached hydrogens (tertiary/aromatic N) is 2. The normalized spacial score (nSPS) is 10.6. The maximum atomic E-state index is 10.6. The summed E-state index contributed by atoms with van der Waals surface area (Å²) in [5.74, 6) is 1.09. The van der Waals surface area contributed by atoms with Crippen LogP contribution in [0.4, 0.5) is 5.69 Å². The third-order valence-corrected chi connectivity index (χ3v) is 2.75. The van der Waals surface area contributed by atoms with Crippen molar-refractivity contribution in [2.75, 3.05) is 0 Å². The summed E-state index contributed by atoms with van der Waals surface area (Å²) in [6, 6.07) is 12.3. The summed E-state index contributed by atoms with van der Waals surface area (Å²) >= 11 is 0. The first-order valence-electron chi connectivity index (χ1n) is 5.74. The summed E-state index contributed by atoms with van der Waals surface area (Å²) in [7, 11) is 0. The van der Waals surface area contributed by atoms with Gasteiger partial charge in [0.1, 0.15) is 0 Å². The molecule has 0 fully saturated rings. The van der Waals surface area contributed by atoms with Crippen molar-refractivity contribution >= 4 is 5.69 Å². The van der Waals surface area contributed by atoms with Crippen LogP contribution in [-0.4, -0.2) is 9.91 Å². The minimum absolute atomic E-state index is 0.107. The van der Waals surface area contributed by atoms with E-state index in [0.29, 0.717) is 0 Å². The molecule has 4 heteroatoms.